The van der Waals surface area contributed by atoms with Crippen molar-refractivity contribution in [3.05, 3.63) is 73.0 Å². The normalized spacial score (nSPS) is 11.9. The van der Waals surface area contributed by atoms with Gasteiger partial charge >= 0.3 is 5.97 Å². The molecule has 0 unspecified atom stereocenters. The smallest absolute Gasteiger partial charge is 0.326 e. The number of amides is 1. The molecule has 1 heterocycles. The molecule has 160 valence electrons. The maximum Gasteiger partial charge on any atom is 0.326 e. The zero-order valence-corrected chi connectivity index (χ0v) is 18.4. The molecule has 8 nitrogen and oxygen atoms in total. The summed E-state index contributed by atoms with van der Waals surface area (Å²) in [7, 11) is 0. The largest absolute Gasteiger partial charge is 0.465 e. The molecule has 31 heavy (non-hydrogen) atoms. The molecule has 0 saturated carbocycles. The minimum Gasteiger partial charge on any atom is -0.465 e. The van der Waals surface area contributed by atoms with Gasteiger partial charge in [0.05, 0.1) is 31.8 Å². The Balaban J connectivity index is 2.01. The molecule has 3 rings (SSSR count). The third-order valence-electron chi connectivity index (χ3n) is 4.03. The second-order valence-electron chi connectivity index (χ2n) is 6.12. The highest BCUT2D eigenvalue weighted by Gasteiger charge is 2.16. The number of ether oxygens (including phenoxy) is 1. The monoisotopic (exact) mass is 479 g/mol. The summed E-state index contributed by atoms with van der Waals surface area (Å²) in [4.78, 5) is 39.2. The van der Waals surface area contributed by atoms with Gasteiger partial charge in [0.15, 0.2) is 4.80 Å². The molecule has 1 amide bonds. The van der Waals surface area contributed by atoms with Crippen LogP contribution < -0.4 is 4.80 Å². The number of fused-ring (bicyclic) bond motifs is 1. The van der Waals surface area contributed by atoms with Crippen LogP contribution in [0.4, 0.5) is 5.69 Å². The first-order valence-electron chi connectivity index (χ1n) is 8.94. The average molecular weight is 480 g/mol. The Labute approximate surface area is 190 Å². The first-order valence-corrected chi connectivity index (χ1v) is 10.5. The molecular weight excluding hydrogens is 465 g/mol. The molecule has 0 saturated heterocycles. The number of hydrogen-bond acceptors (Lipinski definition) is 6. The van der Waals surface area contributed by atoms with Gasteiger partial charge in [-0.25, -0.2) is 0 Å². The molecule has 0 aliphatic heterocycles. The Bertz CT molecular complexity index is 1280. The van der Waals surface area contributed by atoms with Crippen molar-refractivity contribution in [3.8, 4) is 0 Å². The summed E-state index contributed by atoms with van der Waals surface area (Å²) in [5.74, 6) is -1.13. The van der Waals surface area contributed by atoms with Crippen LogP contribution in [-0.4, -0.2) is 28.0 Å². The van der Waals surface area contributed by atoms with Gasteiger partial charge in [0.2, 0.25) is 0 Å². The van der Waals surface area contributed by atoms with Crippen LogP contribution >= 0.6 is 34.5 Å². The highest BCUT2D eigenvalue weighted by molar-refractivity contribution is 7.16. The first-order chi connectivity index (χ1) is 14.8. The summed E-state index contributed by atoms with van der Waals surface area (Å²) < 4.78 is 7.17. The highest BCUT2D eigenvalue weighted by Crippen LogP contribution is 2.32. The van der Waals surface area contributed by atoms with E-state index >= 15 is 0 Å². The van der Waals surface area contributed by atoms with E-state index in [0.29, 0.717) is 20.8 Å². The van der Waals surface area contributed by atoms with Crippen molar-refractivity contribution in [3.63, 3.8) is 0 Å². The fourth-order valence-electron chi connectivity index (χ4n) is 2.71. The summed E-state index contributed by atoms with van der Waals surface area (Å²) >= 11 is 13.6. The zero-order valence-electron chi connectivity index (χ0n) is 16.1. The van der Waals surface area contributed by atoms with Gasteiger partial charge in [-0.1, -0.05) is 46.7 Å². The Morgan fingerprint density at radius 1 is 1.29 bits per heavy atom. The molecule has 0 fully saturated rings. The maximum atomic E-state index is 12.4. The lowest BCUT2D eigenvalue weighted by Gasteiger charge is -2.06. The van der Waals surface area contributed by atoms with Gasteiger partial charge < -0.3 is 9.30 Å². The van der Waals surface area contributed by atoms with E-state index in [1.165, 1.54) is 34.9 Å². The van der Waals surface area contributed by atoms with Crippen molar-refractivity contribution in [2.75, 3.05) is 6.61 Å². The van der Waals surface area contributed by atoms with Crippen molar-refractivity contribution >= 4 is 68.4 Å². The fraction of sp³-hybridized carbons (Fsp3) is 0.150. The lowest BCUT2D eigenvalue weighted by Crippen LogP contribution is -2.23. The molecule has 0 atom stereocenters. The van der Waals surface area contributed by atoms with E-state index < -0.39 is 16.8 Å². The number of nitro benzene ring substituents is 1. The predicted octanol–water partition coefficient (Wildman–Crippen LogP) is 4.62. The summed E-state index contributed by atoms with van der Waals surface area (Å²) in [5, 5.41) is 11.4. The van der Waals surface area contributed by atoms with Crippen molar-refractivity contribution in [1.29, 1.82) is 0 Å². The van der Waals surface area contributed by atoms with Crippen molar-refractivity contribution in [1.82, 2.24) is 4.57 Å². The molecular formula is C20H15Cl2N3O5S. The van der Waals surface area contributed by atoms with E-state index in [4.69, 9.17) is 27.9 Å². The van der Waals surface area contributed by atoms with Crippen LogP contribution in [0, 0.1) is 10.1 Å². The summed E-state index contributed by atoms with van der Waals surface area (Å²) in [5.41, 5.74) is 0.861. The van der Waals surface area contributed by atoms with E-state index in [2.05, 4.69) is 4.99 Å². The first kappa shape index (κ1) is 22.7. The van der Waals surface area contributed by atoms with Gasteiger partial charge in [-0.3, -0.25) is 19.7 Å². The van der Waals surface area contributed by atoms with Crippen LogP contribution in [0.15, 0.2) is 47.5 Å². The van der Waals surface area contributed by atoms with Gasteiger partial charge in [0.1, 0.15) is 6.54 Å². The number of carbonyl (C=O) groups is 2. The number of halogens is 2. The number of esters is 1. The Morgan fingerprint density at radius 3 is 2.77 bits per heavy atom. The van der Waals surface area contributed by atoms with Crippen LogP contribution in [0.2, 0.25) is 10.0 Å². The van der Waals surface area contributed by atoms with Crippen LogP contribution in [0.5, 0.6) is 0 Å². The van der Waals surface area contributed by atoms with E-state index in [1.807, 2.05) is 0 Å². The third kappa shape index (κ3) is 5.38. The molecule has 0 aliphatic rings. The molecule has 3 aromatic rings. The van der Waals surface area contributed by atoms with E-state index in [-0.39, 0.29) is 28.7 Å². The number of nitrogens with zero attached hydrogens (tertiary/aromatic N) is 3. The summed E-state index contributed by atoms with van der Waals surface area (Å²) in [6, 6.07) is 9.17. The highest BCUT2D eigenvalue weighted by atomic mass is 35.5. The number of rotatable bonds is 6. The standard InChI is InChI=1S/C20H15Cl2N3O5S/c1-2-30-17(27)11-24-19-15(8-7-14(21)18(19)22)31-20(24)23-16(26)9-6-12-4-3-5-13(10-12)25(28)29/h3-10H,2,11H2,1H3/b9-6+,23-20?. The average Bonchev–Trinajstić information content (AvgIpc) is 3.07. The molecule has 2 aromatic carbocycles. The molecule has 0 bridgehead atoms. The number of aromatic nitrogens is 1. The Morgan fingerprint density at radius 2 is 2.06 bits per heavy atom. The third-order valence-corrected chi connectivity index (χ3v) is 5.87. The number of non-ortho nitro benzene ring substituents is 1. The van der Waals surface area contributed by atoms with Crippen molar-refractivity contribution in [2.24, 2.45) is 4.99 Å². The van der Waals surface area contributed by atoms with Crippen molar-refractivity contribution in [2.45, 2.75) is 13.5 Å². The number of carbonyl (C=O) groups excluding carboxylic acids is 2. The van der Waals surface area contributed by atoms with Crippen LogP contribution in [0.1, 0.15) is 12.5 Å². The van der Waals surface area contributed by atoms with Gasteiger partial charge in [-0.2, -0.15) is 4.99 Å². The molecule has 0 aliphatic carbocycles. The summed E-state index contributed by atoms with van der Waals surface area (Å²) in [6.07, 6.45) is 2.61. The second-order valence-corrected chi connectivity index (χ2v) is 7.91. The summed E-state index contributed by atoms with van der Waals surface area (Å²) in [6.45, 7) is 1.69. The number of thiazole rings is 1. The van der Waals surface area contributed by atoms with Crippen LogP contribution in [0.3, 0.4) is 0 Å². The lowest BCUT2D eigenvalue weighted by atomic mass is 10.2. The molecule has 0 N–H and O–H groups in total. The Hall–Kier alpha value is -3.01. The molecule has 0 spiro atoms. The number of benzene rings is 2. The minimum absolute atomic E-state index is 0.0881. The second kappa shape index (κ2) is 9.86. The topological polar surface area (TPSA) is 104 Å². The van der Waals surface area contributed by atoms with Gasteiger partial charge in [0.25, 0.3) is 11.6 Å². The quantitative estimate of drug-likeness (QED) is 0.222. The van der Waals surface area contributed by atoms with E-state index in [1.54, 1.807) is 25.1 Å². The van der Waals surface area contributed by atoms with Gasteiger partial charge in [-0.15, -0.1) is 0 Å². The minimum atomic E-state index is -0.613. The molecule has 11 heteroatoms. The zero-order chi connectivity index (χ0) is 22.5. The lowest BCUT2D eigenvalue weighted by molar-refractivity contribution is -0.384. The van der Waals surface area contributed by atoms with E-state index in [0.717, 1.165) is 11.3 Å². The molecule has 0 radical (unpaired) electrons. The van der Waals surface area contributed by atoms with E-state index in [9.17, 15) is 19.7 Å². The fourth-order valence-corrected chi connectivity index (χ4v) is 4.23. The van der Waals surface area contributed by atoms with Crippen LogP contribution in [-0.2, 0) is 20.9 Å². The van der Waals surface area contributed by atoms with Gasteiger partial charge in [-0.05, 0) is 30.7 Å². The number of hydrogen-bond donors (Lipinski definition) is 0. The van der Waals surface area contributed by atoms with Crippen LogP contribution in [0.25, 0.3) is 16.3 Å². The van der Waals surface area contributed by atoms with Crippen molar-refractivity contribution < 1.29 is 19.2 Å². The molecule has 1 aromatic heterocycles. The number of nitro groups is 1. The maximum absolute atomic E-state index is 12.4. The Kier molecular flexibility index (Phi) is 7.21. The predicted molar refractivity (Wildman–Crippen MR) is 119 cm³/mol. The van der Waals surface area contributed by atoms with Gasteiger partial charge in [0, 0.05) is 18.2 Å². The SMILES string of the molecule is CCOC(=O)Cn1c(=NC(=O)/C=C/c2cccc([N+](=O)[O-])c2)sc2ccc(Cl)c(Cl)c21.